The summed E-state index contributed by atoms with van der Waals surface area (Å²) >= 11 is 0. The van der Waals surface area contributed by atoms with Crippen LogP contribution in [0.4, 0.5) is 0 Å². The van der Waals surface area contributed by atoms with Crippen LogP contribution in [0, 0.1) is 0 Å². The van der Waals surface area contributed by atoms with Crippen molar-refractivity contribution in [1.29, 1.82) is 0 Å². The molecule has 0 saturated carbocycles. The number of allylic oxidation sites excluding steroid dienone is 3. The van der Waals surface area contributed by atoms with Gasteiger partial charge in [0.1, 0.15) is 6.04 Å². The number of rotatable bonds is 1. The van der Waals surface area contributed by atoms with E-state index < -0.39 is 17.9 Å². The summed E-state index contributed by atoms with van der Waals surface area (Å²) in [7, 11) is 0. The van der Waals surface area contributed by atoms with Crippen molar-refractivity contribution in [1.82, 2.24) is 10.2 Å². The van der Waals surface area contributed by atoms with Gasteiger partial charge >= 0.3 is 0 Å². The Hall–Kier alpha value is -2.17. The number of hydrogen-bond acceptors (Lipinski definition) is 3. The Bertz CT molecular complexity index is 514. The van der Waals surface area contributed by atoms with Crippen molar-refractivity contribution in [3.63, 3.8) is 0 Å². The Morgan fingerprint density at radius 1 is 1.10 bits per heavy atom. The maximum Gasteiger partial charge on any atom is 0.261 e. The standard InChI is InChI=1S/C14H16N2O3.C2H6/c1-4-9-10(5-2)14(19)16(13(9)18)11-7-6-8(3)15-12(11)17;1-2/h4-5,11H,3,6-7H2,1-2H3,(H,15,17);1-2H3/b9-4+,10-5+;/t11-;/m1./s1. The number of nitrogens with one attached hydrogen (secondary N) is 1. The Morgan fingerprint density at radius 2 is 1.57 bits per heavy atom. The van der Waals surface area contributed by atoms with E-state index in [2.05, 4.69) is 11.9 Å². The molecule has 2 saturated heterocycles. The Balaban J connectivity index is 0.00000106. The van der Waals surface area contributed by atoms with E-state index in [9.17, 15) is 14.4 Å². The zero-order chi connectivity index (χ0) is 16.2. The van der Waals surface area contributed by atoms with Gasteiger partial charge in [-0.1, -0.05) is 32.6 Å². The largest absolute Gasteiger partial charge is 0.329 e. The van der Waals surface area contributed by atoms with Crippen LogP contribution in [0.5, 0.6) is 0 Å². The fraction of sp³-hybridized carbons (Fsp3) is 0.438. The Kier molecular flexibility index (Phi) is 5.64. The fourth-order valence-corrected chi connectivity index (χ4v) is 2.43. The molecule has 5 heteroatoms. The zero-order valence-electron chi connectivity index (χ0n) is 13.0. The lowest BCUT2D eigenvalue weighted by Crippen LogP contribution is -2.51. The summed E-state index contributed by atoms with van der Waals surface area (Å²) in [6.07, 6.45) is 4.21. The summed E-state index contributed by atoms with van der Waals surface area (Å²) in [5.41, 5.74) is 1.35. The van der Waals surface area contributed by atoms with Crippen LogP contribution in [0.15, 0.2) is 35.6 Å². The molecule has 3 amide bonds. The van der Waals surface area contributed by atoms with Gasteiger partial charge in [0.15, 0.2) is 0 Å². The topological polar surface area (TPSA) is 66.5 Å². The van der Waals surface area contributed by atoms with Crippen molar-refractivity contribution < 1.29 is 14.4 Å². The highest BCUT2D eigenvalue weighted by atomic mass is 16.2. The van der Waals surface area contributed by atoms with Crippen LogP contribution in [0.3, 0.4) is 0 Å². The summed E-state index contributed by atoms with van der Waals surface area (Å²) in [6.45, 7) is 11.1. The fourth-order valence-electron chi connectivity index (χ4n) is 2.43. The van der Waals surface area contributed by atoms with Gasteiger partial charge in [0.2, 0.25) is 5.91 Å². The second-order valence-corrected chi connectivity index (χ2v) is 4.53. The number of piperidine rings is 1. The van der Waals surface area contributed by atoms with E-state index in [4.69, 9.17) is 0 Å². The second kappa shape index (κ2) is 7.02. The van der Waals surface area contributed by atoms with Crippen LogP contribution in [-0.2, 0) is 14.4 Å². The van der Waals surface area contributed by atoms with Crippen molar-refractivity contribution in [2.45, 2.75) is 46.6 Å². The number of nitrogens with zero attached hydrogens (tertiary/aromatic N) is 1. The quantitative estimate of drug-likeness (QED) is 0.594. The van der Waals surface area contributed by atoms with Crippen molar-refractivity contribution in [2.75, 3.05) is 0 Å². The molecule has 2 aliphatic rings. The lowest BCUT2D eigenvalue weighted by molar-refractivity contribution is -0.145. The molecule has 21 heavy (non-hydrogen) atoms. The lowest BCUT2D eigenvalue weighted by atomic mass is 10.0. The number of hydrogen-bond donors (Lipinski definition) is 1. The van der Waals surface area contributed by atoms with E-state index >= 15 is 0 Å². The van der Waals surface area contributed by atoms with Gasteiger partial charge in [-0.2, -0.15) is 0 Å². The summed E-state index contributed by atoms with van der Waals surface area (Å²) in [4.78, 5) is 37.5. The summed E-state index contributed by atoms with van der Waals surface area (Å²) < 4.78 is 0. The normalized spacial score (nSPS) is 26.1. The predicted octanol–water partition coefficient (Wildman–Crippen LogP) is 2.07. The van der Waals surface area contributed by atoms with Gasteiger partial charge in [0.05, 0.1) is 0 Å². The van der Waals surface area contributed by atoms with Gasteiger partial charge in [0.25, 0.3) is 11.8 Å². The third-order valence-electron chi connectivity index (χ3n) is 3.40. The average Bonchev–Trinajstić information content (AvgIpc) is 2.72. The molecule has 2 rings (SSSR count). The number of imide groups is 1. The molecule has 114 valence electrons. The molecule has 2 aliphatic heterocycles. The Morgan fingerprint density at radius 3 is 1.95 bits per heavy atom. The molecule has 2 fully saturated rings. The number of carbonyl (C=O) groups is 3. The first-order valence-corrected chi connectivity index (χ1v) is 7.20. The monoisotopic (exact) mass is 290 g/mol. The maximum absolute atomic E-state index is 12.2. The Labute approximate surface area is 125 Å². The van der Waals surface area contributed by atoms with E-state index in [1.54, 1.807) is 26.0 Å². The summed E-state index contributed by atoms with van der Waals surface area (Å²) in [5, 5.41) is 2.59. The number of carbonyl (C=O) groups excluding carboxylic acids is 3. The highest BCUT2D eigenvalue weighted by molar-refractivity contribution is 6.25. The summed E-state index contributed by atoms with van der Waals surface area (Å²) in [5.74, 6) is -1.13. The van der Waals surface area contributed by atoms with Crippen LogP contribution in [0.25, 0.3) is 0 Å². The van der Waals surface area contributed by atoms with Gasteiger partial charge in [-0.15, -0.1) is 0 Å². The van der Waals surface area contributed by atoms with E-state index in [0.29, 0.717) is 29.7 Å². The second-order valence-electron chi connectivity index (χ2n) is 4.53. The first kappa shape index (κ1) is 16.9. The molecule has 2 heterocycles. The van der Waals surface area contributed by atoms with Gasteiger partial charge in [-0.05, 0) is 26.7 Å². The molecule has 0 spiro atoms. The number of likely N-dealkylation sites (tertiary alicyclic amines) is 1. The van der Waals surface area contributed by atoms with Gasteiger partial charge < -0.3 is 5.32 Å². The van der Waals surface area contributed by atoms with Crippen molar-refractivity contribution >= 4 is 17.7 Å². The molecule has 0 aromatic heterocycles. The SMILES string of the molecule is C=C1CC[C@@H](N2C(=O)C(=C/C)/C(=C\C)C2=O)C(=O)N1.CC. The van der Waals surface area contributed by atoms with Crippen LogP contribution in [0.2, 0.25) is 0 Å². The minimum Gasteiger partial charge on any atom is -0.329 e. The zero-order valence-corrected chi connectivity index (χ0v) is 13.0. The molecule has 0 bridgehead atoms. The maximum atomic E-state index is 12.2. The van der Waals surface area contributed by atoms with E-state index in [0.717, 1.165) is 4.90 Å². The van der Waals surface area contributed by atoms with Crippen LogP contribution < -0.4 is 5.32 Å². The molecule has 0 unspecified atom stereocenters. The summed E-state index contributed by atoms with van der Waals surface area (Å²) in [6, 6.07) is -0.738. The third-order valence-corrected chi connectivity index (χ3v) is 3.40. The molecule has 0 radical (unpaired) electrons. The third kappa shape index (κ3) is 2.96. The molecule has 0 aromatic carbocycles. The predicted molar refractivity (Wildman–Crippen MR) is 81.0 cm³/mol. The molecular weight excluding hydrogens is 268 g/mol. The first-order chi connectivity index (χ1) is 10.0. The number of amides is 3. The average molecular weight is 290 g/mol. The molecule has 1 N–H and O–H groups in total. The minimum atomic E-state index is -0.738. The van der Waals surface area contributed by atoms with Crippen molar-refractivity contribution in [2.24, 2.45) is 0 Å². The van der Waals surface area contributed by atoms with E-state index in [1.807, 2.05) is 13.8 Å². The molecule has 5 nitrogen and oxygen atoms in total. The molecule has 1 atom stereocenters. The minimum absolute atomic E-state index is 0.342. The molecule has 0 aromatic rings. The highest BCUT2D eigenvalue weighted by Gasteiger charge is 2.45. The van der Waals surface area contributed by atoms with E-state index in [-0.39, 0.29) is 5.91 Å². The highest BCUT2D eigenvalue weighted by Crippen LogP contribution is 2.29. The lowest BCUT2D eigenvalue weighted by Gasteiger charge is -2.29. The van der Waals surface area contributed by atoms with Crippen LogP contribution >= 0.6 is 0 Å². The van der Waals surface area contributed by atoms with Crippen LogP contribution in [0.1, 0.15) is 40.5 Å². The van der Waals surface area contributed by atoms with E-state index in [1.165, 1.54) is 0 Å². The van der Waals surface area contributed by atoms with Crippen LogP contribution in [-0.4, -0.2) is 28.7 Å². The van der Waals surface area contributed by atoms with Gasteiger partial charge in [-0.25, -0.2) is 0 Å². The molecular formula is C16H22N2O3. The first-order valence-electron chi connectivity index (χ1n) is 7.20. The molecule has 0 aliphatic carbocycles. The van der Waals surface area contributed by atoms with Gasteiger partial charge in [0, 0.05) is 16.8 Å². The van der Waals surface area contributed by atoms with Gasteiger partial charge in [-0.3, -0.25) is 19.3 Å². The van der Waals surface area contributed by atoms with Crippen molar-refractivity contribution in [3.05, 3.63) is 35.6 Å². The smallest absolute Gasteiger partial charge is 0.261 e. The van der Waals surface area contributed by atoms with Crippen molar-refractivity contribution in [3.8, 4) is 0 Å².